The van der Waals surface area contributed by atoms with E-state index in [-0.39, 0.29) is 32.6 Å². The van der Waals surface area contributed by atoms with Gasteiger partial charge in [0.25, 0.3) is 0 Å². The van der Waals surface area contributed by atoms with Gasteiger partial charge in [-0.25, -0.2) is 4.79 Å². The molecule has 1 rings (SSSR count). The van der Waals surface area contributed by atoms with Crippen LogP contribution in [-0.2, 0) is 32.6 Å². The van der Waals surface area contributed by atoms with Crippen LogP contribution in [0, 0.1) is 0 Å². The maximum absolute atomic E-state index is 12.3. The van der Waals surface area contributed by atoms with E-state index in [1.807, 2.05) is 0 Å². The number of carbonyl (C=O) groups excluding carboxylic acids is 1. The molecule has 0 radical (unpaired) electrons. The summed E-state index contributed by atoms with van der Waals surface area (Å²) in [6, 6.07) is 0. The third-order valence-electron chi connectivity index (χ3n) is 2.58. The minimum atomic E-state index is -3.22. The SMILES string of the molecule is C=C(C)C(=O)OC1COC(CP(=O)(OCC)OCC)OC1. The van der Waals surface area contributed by atoms with Crippen LogP contribution in [0.2, 0.25) is 0 Å². The quantitative estimate of drug-likeness (QED) is 0.384. The van der Waals surface area contributed by atoms with E-state index in [0.29, 0.717) is 5.57 Å². The first-order chi connectivity index (χ1) is 9.90. The molecule has 0 unspecified atom stereocenters. The fourth-order valence-corrected chi connectivity index (χ4v) is 3.32. The molecule has 0 aromatic rings. The maximum Gasteiger partial charge on any atom is 0.335 e. The third-order valence-corrected chi connectivity index (χ3v) is 4.63. The van der Waals surface area contributed by atoms with E-state index in [2.05, 4.69) is 6.58 Å². The number of ether oxygens (including phenoxy) is 3. The Balaban J connectivity index is 2.43. The van der Waals surface area contributed by atoms with Crippen LogP contribution in [0.3, 0.4) is 0 Å². The Labute approximate surface area is 125 Å². The Morgan fingerprint density at radius 1 is 1.24 bits per heavy atom. The van der Waals surface area contributed by atoms with E-state index < -0.39 is 26.0 Å². The van der Waals surface area contributed by atoms with Crippen molar-refractivity contribution in [2.75, 3.05) is 32.6 Å². The van der Waals surface area contributed by atoms with Gasteiger partial charge in [0.2, 0.25) is 0 Å². The summed E-state index contributed by atoms with van der Waals surface area (Å²) in [6.07, 6.45) is -1.19. The first-order valence-corrected chi connectivity index (χ1v) is 8.60. The van der Waals surface area contributed by atoms with E-state index in [9.17, 15) is 9.36 Å². The minimum absolute atomic E-state index is 0.00975. The molecule has 1 fully saturated rings. The molecule has 0 aromatic carbocycles. The normalized spacial score (nSPS) is 22.8. The van der Waals surface area contributed by atoms with Crippen molar-refractivity contribution >= 4 is 13.6 Å². The number of hydrogen-bond acceptors (Lipinski definition) is 7. The molecule has 7 nitrogen and oxygen atoms in total. The Morgan fingerprint density at radius 2 is 1.76 bits per heavy atom. The van der Waals surface area contributed by atoms with Crippen LogP contribution in [0.5, 0.6) is 0 Å². The molecule has 0 aliphatic carbocycles. The van der Waals surface area contributed by atoms with Crippen molar-refractivity contribution in [2.24, 2.45) is 0 Å². The summed E-state index contributed by atoms with van der Waals surface area (Å²) < 4.78 is 38.6. The van der Waals surface area contributed by atoms with E-state index in [0.717, 1.165) is 0 Å². The smallest absolute Gasteiger partial charge is 0.335 e. The lowest BCUT2D eigenvalue weighted by atomic mass is 10.3. The topological polar surface area (TPSA) is 80.3 Å². The Morgan fingerprint density at radius 3 is 2.19 bits per heavy atom. The van der Waals surface area contributed by atoms with Gasteiger partial charge in [-0.3, -0.25) is 4.57 Å². The Hall–Kier alpha value is -0.720. The van der Waals surface area contributed by atoms with Gasteiger partial charge in [-0.1, -0.05) is 6.58 Å². The van der Waals surface area contributed by atoms with Crippen LogP contribution in [0.1, 0.15) is 20.8 Å². The molecule has 8 heteroatoms. The molecule has 21 heavy (non-hydrogen) atoms. The number of rotatable bonds is 8. The summed E-state index contributed by atoms with van der Waals surface area (Å²) in [5, 5.41) is 0. The van der Waals surface area contributed by atoms with Gasteiger partial charge in [0.15, 0.2) is 6.29 Å². The molecule has 0 bridgehead atoms. The van der Waals surface area contributed by atoms with Gasteiger partial charge >= 0.3 is 13.6 Å². The van der Waals surface area contributed by atoms with Crippen LogP contribution in [0.15, 0.2) is 12.2 Å². The van der Waals surface area contributed by atoms with Crippen molar-refractivity contribution in [3.63, 3.8) is 0 Å². The standard InChI is InChI=1S/C13H23O7P/c1-5-18-21(15,19-6-2)9-12-16-7-11(8-17-12)20-13(14)10(3)4/h11-12H,3,5-9H2,1-2,4H3. The first kappa shape index (κ1) is 18.3. The summed E-state index contributed by atoms with van der Waals surface area (Å²) in [4.78, 5) is 11.4. The van der Waals surface area contributed by atoms with Crippen LogP contribution in [0.4, 0.5) is 0 Å². The highest BCUT2D eigenvalue weighted by Crippen LogP contribution is 2.49. The summed E-state index contributed by atoms with van der Waals surface area (Å²) >= 11 is 0. The average Bonchev–Trinajstić information content (AvgIpc) is 2.41. The Kier molecular flexibility index (Phi) is 7.56. The molecule has 122 valence electrons. The molecule has 1 aliphatic heterocycles. The Bertz CT molecular complexity index is 391. The van der Waals surface area contributed by atoms with Crippen molar-refractivity contribution in [3.05, 3.63) is 12.2 Å². The fourth-order valence-electron chi connectivity index (χ4n) is 1.67. The largest absolute Gasteiger partial charge is 0.454 e. The summed E-state index contributed by atoms with van der Waals surface area (Å²) in [5.74, 6) is -0.486. The molecular weight excluding hydrogens is 299 g/mol. The van der Waals surface area contributed by atoms with E-state index in [4.69, 9.17) is 23.3 Å². The summed E-state index contributed by atoms with van der Waals surface area (Å²) in [5.41, 5.74) is 0.314. The maximum atomic E-state index is 12.3. The van der Waals surface area contributed by atoms with Gasteiger partial charge in [0, 0.05) is 5.57 Å². The molecule has 1 aliphatic rings. The van der Waals surface area contributed by atoms with E-state index >= 15 is 0 Å². The van der Waals surface area contributed by atoms with Crippen LogP contribution in [0.25, 0.3) is 0 Å². The van der Waals surface area contributed by atoms with Crippen molar-refractivity contribution < 1.29 is 32.6 Å². The highest BCUT2D eigenvalue weighted by molar-refractivity contribution is 7.53. The van der Waals surface area contributed by atoms with Crippen molar-refractivity contribution in [2.45, 2.75) is 33.2 Å². The summed E-state index contributed by atoms with van der Waals surface area (Å²) in [6.45, 7) is 9.44. The van der Waals surface area contributed by atoms with Gasteiger partial charge in [-0.2, -0.15) is 0 Å². The lowest BCUT2D eigenvalue weighted by Gasteiger charge is -2.30. The zero-order chi connectivity index (χ0) is 15.9. The molecule has 1 saturated heterocycles. The van der Waals surface area contributed by atoms with Gasteiger partial charge in [0.05, 0.1) is 26.4 Å². The molecular formula is C13H23O7P. The number of hydrogen-bond donors (Lipinski definition) is 0. The van der Waals surface area contributed by atoms with Gasteiger partial charge in [-0.05, 0) is 20.8 Å². The number of carbonyl (C=O) groups is 1. The molecule has 0 atom stereocenters. The van der Waals surface area contributed by atoms with Crippen LogP contribution >= 0.6 is 7.60 Å². The van der Waals surface area contributed by atoms with Crippen LogP contribution in [-0.4, -0.2) is 51.0 Å². The van der Waals surface area contributed by atoms with E-state index in [1.165, 1.54) is 0 Å². The minimum Gasteiger partial charge on any atom is -0.454 e. The van der Waals surface area contributed by atoms with Gasteiger partial charge < -0.3 is 23.3 Å². The predicted octanol–water partition coefficient (Wildman–Crippen LogP) is 2.11. The molecule has 0 saturated carbocycles. The number of esters is 1. The summed E-state index contributed by atoms with van der Waals surface area (Å²) in [7, 11) is -3.22. The second kappa shape index (κ2) is 8.66. The lowest BCUT2D eigenvalue weighted by Crippen LogP contribution is -2.40. The molecule has 0 aromatic heterocycles. The van der Waals surface area contributed by atoms with Crippen molar-refractivity contribution in [1.29, 1.82) is 0 Å². The molecule has 0 spiro atoms. The second-order valence-electron chi connectivity index (χ2n) is 4.53. The monoisotopic (exact) mass is 322 g/mol. The lowest BCUT2D eigenvalue weighted by molar-refractivity contribution is -0.216. The highest BCUT2D eigenvalue weighted by atomic mass is 31.2. The zero-order valence-electron chi connectivity index (χ0n) is 12.7. The van der Waals surface area contributed by atoms with Crippen molar-refractivity contribution in [3.8, 4) is 0 Å². The zero-order valence-corrected chi connectivity index (χ0v) is 13.6. The molecule has 1 heterocycles. The second-order valence-corrected chi connectivity index (χ2v) is 6.64. The molecule has 0 amide bonds. The van der Waals surface area contributed by atoms with Crippen LogP contribution < -0.4 is 0 Å². The van der Waals surface area contributed by atoms with Gasteiger partial charge in [0.1, 0.15) is 12.3 Å². The van der Waals surface area contributed by atoms with Gasteiger partial charge in [-0.15, -0.1) is 0 Å². The fraction of sp³-hybridized carbons (Fsp3) is 0.769. The predicted molar refractivity (Wildman–Crippen MR) is 76.1 cm³/mol. The molecule has 0 N–H and O–H groups in total. The third kappa shape index (κ3) is 6.28. The van der Waals surface area contributed by atoms with Crippen molar-refractivity contribution in [1.82, 2.24) is 0 Å². The average molecular weight is 322 g/mol. The van der Waals surface area contributed by atoms with E-state index in [1.54, 1.807) is 20.8 Å². The highest BCUT2D eigenvalue weighted by Gasteiger charge is 2.33. The first-order valence-electron chi connectivity index (χ1n) is 6.88.